The molecule has 1 fully saturated rings. The number of carbonyl (C=O) groups excluding carboxylic acids is 2. The molecule has 0 radical (unpaired) electrons. The van der Waals surface area contributed by atoms with Crippen LogP contribution in [0.1, 0.15) is 31.2 Å². The topological polar surface area (TPSA) is 78.6 Å². The summed E-state index contributed by atoms with van der Waals surface area (Å²) in [5.41, 5.74) is 3.36. The Balaban J connectivity index is 2.49. The maximum atomic E-state index is 12.4. The second-order valence-corrected chi connectivity index (χ2v) is 5.48. The summed E-state index contributed by atoms with van der Waals surface area (Å²) in [4.78, 5) is 23.5. The van der Waals surface area contributed by atoms with Crippen molar-refractivity contribution in [3.05, 3.63) is 28.8 Å². The second kappa shape index (κ2) is 6.27. The third-order valence-electron chi connectivity index (χ3n) is 3.53. The first kappa shape index (κ1) is 17.4. The van der Waals surface area contributed by atoms with E-state index < -0.39 is 29.6 Å². The zero-order valence-corrected chi connectivity index (χ0v) is 12.5. The normalized spacial score (nSPS) is 21.8. The minimum atomic E-state index is -4.95. The highest BCUT2D eigenvalue weighted by Gasteiger charge is 2.45. The highest BCUT2D eigenvalue weighted by molar-refractivity contribution is 6.32. The Hall–Kier alpha value is -1.96. The minimum absolute atomic E-state index is 0.0460. The van der Waals surface area contributed by atoms with Crippen LogP contribution in [-0.4, -0.2) is 18.2 Å². The lowest BCUT2D eigenvalue weighted by molar-refractivity contribution is -0.274. The lowest BCUT2D eigenvalue weighted by atomic mass is 9.78. The van der Waals surface area contributed by atoms with Gasteiger partial charge in [0.2, 0.25) is 0 Å². The molecule has 1 aromatic rings. The number of ketones is 1. The maximum absolute atomic E-state index is 12.4. The summed E-state index contributed by atoms with van der Waals surface area (Å²) in [7, 11) is 0. The number of rotatable bonds is 3. The molecule has 0 saturated heterocycles. The first-order chi connectivity index (χ1) is 10.6. The summed E-state index contributed by atoms with van der Waals surface area (Å²) in [6.45, 7) is 0. The van der Waals surface area contributed by atoms with Crippen molar-refractivity contribution < 1.29 is 32.2 Å². The molecule has 2 rings (SSSR count). The number of alkyl halides is 3. The van der Waals surface area contributed by atoms with Crippen molar-refractivity contribution in [2.45, 2.75) is 37.6 Å². The Morgan fingerprint density at radius 2 is 2.00 bits per heavy atom. The van der Waals surface area contributed by atoms with E-state index in [4.69, 9.17) is 22.1 Å². The molecular weight excluding hydrogens is 339 g/mol. The summed E-state index contributed by atoms with van der Waals surface area (Å²) < 4.78 is 46.1. The van der Waals surface area contributed by atoms with Gasteiger partial charge in [0, 0.05) is 12.0 Å². The number of amides is 1. The Kier molecular flexibility index (Phi) is 4.74. The molecule has 0 spiro atoms. The SMILES string of the molecule is NC(=O)OC1(c2ccc(Cl)c(OC(F)(F)F)c2)CCCCC1=O. The van der Waals surface area contributed by atoms with Crippen LogP contribution in [0.15, 0.2) is 18.2 Å². The highest BCUT2D eigenvalue weighted by Crippen LogP contribution is 2.41. The van der Waals surface area contributed by atoms with Crippen LogP contribution < -0.4 is 10.5 Å². The van der Waals surface area contributed by atoms with Crippen molar-refractivity contribution in [1.29, 1.82) is 0 Å². The summed E-state index contributed by atoms with van der Waals surface area (Å²) in [5.74, 6) is -1.11. The number of primary amides is 1. The van der Waals surface area contributed by atoms with Crippen molar-refractivity contribution >= 4 is 23.5 Å². The molecule has 1 amide bonds. The van der Waals surface area contributed by atoms with E-state index in [1.807, 2.05) is 0 Å². The van der Waals surface area contributed by atoms with Crippen molar-refractivity contribution in [1.82, 2.24) is 0 Å². The van der Waals surface area contributed by atoms with Crippen LogP contribution in [0.5, 0.6) is 5.75 Å². The Morgan fingerprint density at radius 3 is 2.57 bits per heavy atom. The van der Waals surface area contributed by atoms with Crippen LogP contribution in [-0.2, 0) is 15.1 Å². The van der Waals surface area contributed by atoms with Crippen LogP contribution in [0.2, 0.25) is 5.02 Å². The molecule has 1 atom stereocenters. The van der Waals surface area contributed by atoms with Gasteiger partial charge in [0.25, 0.3) is 0 Å². The Morgan fingerprint density at radius 1 is 1.30 bits per heavy atom. The molecule has 1 aromatic carbocycles. The molecule has 1 aliphatic rings. The summed E-state index contributed by atoms with van der Waals surface area (Å²) in [6.07, 6.45) is -4.73. The zero-order chi connectivity index (χ0) is 17.3. The number of ether oxygens (including phenoxy) is 2. The van der Waals surface area contributed by atoms with Gasteiger partial charge in [-0.15, -0.1) is 13.2 Å². The number of carbonyl (C=O) groups is 2. The van der Waals surface area contributed by atoms with Crippen molar-refractivity contribution in [2.24, 2.45) is 5.73 Å². The van der Waals surface area contributed by atoms with Gasteiger partial charge in [0.15, 0.2) is 11.4 Å². The summed E-state index contributed by atoms with van der Waals surface area (Å²) in [6, 6.07) is 3.41. The number of hydrogen-bond acceptors (Lipinski definition) is 4. The quantitative estimate of drug-likeness (QED) is 0.901. The monoisotopic (exact) mass is 351 g/mol. The molecule has 2 N–H and O–H groups in total. The smallest absolute Gasteiger partial charge is 0.430 e. The molecule has 0 aromatic heterocycles. The largest absolute Gasteiger partial charge is 0.573 e. The van der Waals surface area contributed by atoms with Gasteiger partial charge in [0.1, 0.15) is 5.75 Å². The molecule has 1 saturated carbocycles. The van der Waals surface area contributed by atoms with Crippen LogP contribution in [0.4, 0.5) is 18.0 Å². The zero-order valence-electron chi connectivity index (χ0n) is 11.8. The van der Waals surface area contributed by atoms with Gasteiger partial charge >= 0.3 is 12.5 Å². The molecule has 23 heavy (non-hydrogen) atoms. The summed E-state index contributed by atoms with van der Waals surface area (Å²) >= 11 is 5.69. The van der Waals surface area contributed by atoms with E-state index in [-0.39, 0.29) is 23.4 Å². The number of hydrogen-bond donors (Lipinski definition) is 1. The third-order valence-corrected chi connectivity index (χ3v) is 3.84. The average Bonchev–Trinajstić information content (AvgIpc) is 2.42. The van der Waals surface area contributed by atoms with Crippen LogP contribution >= 0.6 is 11.6 Å². The first-order valence-electron chi connectivity index (χ1n) is 6.71. The van der Waals surface area contributed by atoms with E-state index in [1.54, 1.807) is 0 Å². The maximum Gasteiger partial charge on any atom is 0.573 e. The van der Waals surface area contributed by atoms with Crippen molar-refractivity contribution in [3.63, 3.8) is 0 Å². The Bertz CT molecular complexity index is 635. The standard InChI is InChI=1S/C14H13ClF3NO4/c15-9-5-4-8(7-10(9)22-14(16,17)18)13(23-12(19)21)6-2-1-3-11(13)20/h4-5,7H,1-3,6H2,(H2,19,21). The van der Waals surface area contributed by atoms with Crippen molar-refractivity contribution in [3.8, 4) is 5.75 Å². The molecule has 1 unspecified atom stereocenters. The predicted molar refractivity (Wildman–Crippen MR) is 74.0 cm³/mol. The van der Waals surface area contributed by atoms with Gasteiger partial charge in [0.05, 0.1) is 5.02 Å². The fourth-order valence-electron chi connectivity index (χ4n) is 2.60. The van der Waals surface area contributed by atoms with E-state index in [0.717, 1.165) is 12.1 Å². The number of halogens is 4. The number of benzene rings is 1. The van der Waals surface area contributed by atoms with E-state index in [0.29, 0.717) is 12.8 Å². The lowest BCUT2D eigenvalue weighted by Gasteiger charge is -2.35. The van der Waals surface area contributed by atoms with Crippen LogP contribution in [0, 0.1) is 0 Å². The minimum Gasteiger partial charge on any atom is -0.430 e. The Labute approximate surface area is 134 Å². The van der Waals surface area contributed by atoms with Gasteiger partial charge in [-0.25, -0.2) is 4.79 Å². The molecule has 0 heterocycles. The molecular formula is C14H13ClF3NO4. The van der Waals surface area contributed by atoms with Gasteiger partial charge < -0.3 is 15.2 Å². The van der Waals surface area contributed by atoms with Crippen LogP contribution in [0.25, 0.3) is 0 Å². The molecule has 0 aliphatic heterocycles. The molecule has 9 heteroatoms. The number of nitrogens with two attached hydrogens (primary N) is 1. The van der Waals surface area contributed by atoms with E-state index in [2.05, 4.69) is 4.74 Å². The van der Waals surface area contributed by atoms with Gasteiger partial charge in [-0.2, -0.15) is 0 Å². The first-order valence-corrected chi connectivity index (χ1v) is 7.09. The predicted octanol–water partition coefficient (Wildman–Crippen LogP) is 3.67. The van der Waals surface area contributed by atoms with E-state index >= 15 is 0 Å². The fraction of sp³-hybridized carbons (Fsp3) is 0.429. The second-order valence-electron chi connectivity index (χ2n) is 5.07. The molecule has 126 valence electrons. The van der Waals surface area contributed by atoms with Crippen molar-refractivity contribution in [2.75, 3.05) is 0 Å². The highest BCUT2D eigenvalue weighted by atomic mass is 35.5. The van der Waals surface area contributed by atoms with Gasteiger partial charge in [-0.05, 0) is 31.4 Å². The van der Waals surface area contributed by atoms with E-state index in [9.17, 15) is 22.8 Å². The fourth-order valence-corrected chi connectivity index (χ4v) is 2.76. The van der Waals surface area contributed by atoms with Gasteiger partial charge in [-0.3, -0.25) is 4.79 Å². The average molecular weight is 352 g/mol. The van der Waals surface area contributed by atoms with Crippen LogP contribution in [0.3, 0.4) is 0 Å². The molecule has 1 aliphatic carbocycles. The lowest BCUT2D eigenvalue weighted by Crippen LogP contribution is -2.44. The molecule has 0 bridgehead atoms. The molecule has 5 nitrogen and oxygen atoms in total. The number of Topliss-reactive ketones (excluding diaryl/α,β-unsaturated/α-hetero) is 1. The van der Waals surface area contributed by atoms with E-state index in [1.165, 1.54) is 6.07 Å². The van der Waals surface area contributed by atoms with Gasteiger partial charge in [-0.1, -0.05) is 17.7 Å². The summed E-state index contributed by atoms with van der Waals surface area (Å²) in [5, 5.41) is -0.288. The third kappa shape index (κ3) is 3.87.